The molecule has 0 saturated carbocycles. The number of fused-ring (bicyclic) bond motifs is 2. The number of carbonyl (C=O) groups is 4. The minimum atomic E-state index is -1.17. The lowest BCUT2D eigenvalue weighted by atomic mass is 10.0. The first-order chi connectivity index (χ1) is 21.8. The van der Waals surface area contributed by atoms with Crippen LogP contribution in [0.25, 0.3) is 0 Å². The smallest absolute Gasteiger partial charge is 0.255 e. The first-order valence-corrected chi connectivity index (χ1v) is 16.0. The van der Waals surface area contributed by atoms with Crippen molar-refractivity contribution in [1.29, 1.82) is 0 Å². The number of benzene rings is 2. The quantitative estimate of drug-likeness (QED) is 0.434. The summed E-state index contributed by atoms with van der Waals surface area (Å²) in [5, 5.41) is 8.56. The standard InChI is InChI=1S/C34H45N5O6/c1-23(2)17-29-34(43)39-12-6-9-26(39)22-45-30-11-4-3-10-27(30)32(41)37-28(19-31(40)36-29)33(42)35-20-24-7-5-8-25(18-24)21-38-13-15-44-16-14-38/h3-5,7-8,10-11,18,23,26,28-29H,6,9,12-17,19-22H2,1-2H3,(H,35,42)(H,36,40)(H,37,41)/t26-,28+,29+/m1/s1. The summed E-state index contributed by atoms with van der Waals surface area (Å²) >= 11 is 0. The molecule has 4 amide bonds. The Balaban J connectivity index is 1.33. The van der Waals surface area contributed by atoms with E-state index in [1.165, 1.54) is 0 Å². The molecule has 0 aliphatic carbocycles. The highest BCUT2D eigenvalue weighted by molar-refractivity contribution is 6.01. The molecule has 2 aromatic rings. The molecule has 2 aromatic carbocycles. The SMILES string of the molecule is CC(C)C[C@@H]1NC(=O)C[C@@H](C(=O)NCc2cccc(CN3CCOCC3)c2)NC(=O)c2ccccc2OC[C@H]2CCCN2C1=O. The zero-order valence-electron chi connectivity index (χ0n) is 26.3. The maximum atomic E-state index is 13.7. The van der Waals surface area contributed by atoms with Gasteiger partial charge in [0.2, 0.25) is 17.7 Å². The molecule has 3 aliphatic heterocycles. The third kappa shape index (κ3) is 8.82. The van der Waals surface area contributed by atoms with Gasteiger partial charge >= 0.3 is 0 Å². The molecule has 0 radical (unpaired) electrons. The predicted molar refractivity (Wildman–Crippen MR) is 168 cm³/mol. The number of ether oxygens (including phenoxy) is 2. The topological polar surface area (TPSA) is 129 Å². The third-order valence-electron chi connectivity index (χ3n) is 8.54. The summed E-state index contributed by atoms with van der Waals surface area (Å²) in [7, 11) is 0. The number of rotatable bonds is 7. The number of hydrogen-bond acceptors (Lipinski definition) is 7. The van der Waals surface area contributed by atoms with Gasteiger partial charge in [0.25, 0.3) is 5.91 Å². The van der Waals surface area contributed by atoms with E-state index >= 15 is 0 Å². The molecule has 45 heavy (non-hydrogen) atoms. The molecule has 3 heterocycles. The van der Waals surface area contributed by atoms with E-state index in [-0.39, 0.29) is 43.0 Å². The Morgan fingerprint density at radius 3 is 2.58 bits per heavy atom. The summed E-state index contributed by atoms with van der Waals surface area (Å²) < 4.78 is 11.6. The van der Waals surface area contributed by atoms with Gasteiger partial charge < -0.3 is 30.3 Å². The maximum Gasteiger partial charge on any atom is 0.255 e. The Kier molecular flexibility index (Phi) is 11.1. The molecule has 11 nitrogen and oxygen atoms in total. The van der Waals surface area contributed by atoms with E-state index in [0.29, 0.717) is 18.7 Å². The molecule has 0 bridgehead atoms. The lowest BCUT2D eigenvalue weighted by Gasteiger charge is -2.31. The molecule has 11 heteroatoms. The van der Waals surface area contributed by atoms with Crippen molar-refractivity contribution < 1.29 is 28.7 Å². The first kappa shape index (κ1) is 32.4. The molecule has 2 fully saturated rings. The van der Waals surface area contributed by atoms with Crippen LogP contribution in [0.15, 0.2) is 48.5 Å². The van der Waals surface area contributed by atoms with Crippen LogP contribution in [0, 0.1) is 5.92 Å². The number of amides is 4. The Morgan fingerprint density at radius 2 is 1.78 bits per heavy atom. The van der Waals surface area contributed by atoms with Crippen LogP contribution in [-0.4, -0.2) is 91.0 Å². The molecule has 3 atom stereocenters. The van der Waals surface area contributed by atoms with Gasteiger partial charge in [0.15, 0.2) is 0 Å². The van der Waals surface area contributed by atoms with Crippen molar-refractivity contribution in [2.75, 3.05) is 39.5 Å². The fourth-order valence-corrected chi connectivity index (χ4v) is 6.21. The maximum absolute atomic E-state index is 13.7. The van der Waals surface area contributed by atoms with E-state index in [9.17, 15) is 19.2 Å². The van der Waals surface area contributed by atoms with Gasteiger partial charge in [-0.25, -0.2) is 0 Å². The van der Waals surface area contributed by atoms with Gasteiger partial charge in [0.05, 0.1) is 31.2 Å². The summed E-state index contributed by atoms with van der Waals surface area (Å²) in [5.41, 5.74) is 2.30. The van der Waals surface area contributed by atoms with E-state index in [0.717, 1.165) is 56.8 Å². The molecular weight excluding hydrogens is 574 g/mol. The predicted octanol–water partition coefficient (Wildman–Crippen LogP) is 2.24. The Bertz CT molecular complexity index is 1360. The summed E-state index contributed by atoms with van der Waals surface area (Å²) in [6.45, 7) is 9.02. The fourth-order valence-electron chi connectivity index (χ4n) is 6.21. The van der Waals surface area contributed by atoms with Gasteiger partial charge in [-0.2, -0.15) is 0 Å². The van der Waals surface area contributed by atoms with Crippen LogP contribution in [0.2, 0.25) is 0 Å². The molecule has 242 valence electrons. The fraction of sp³-hybridized carbons (Fsp3) is 0.529. The second kappa shape index (κ2) is 15.4. The van der Waals surface area contributed by atoms with Crippen LogP contribution in [0.3, 0.4) is 0 Å². The highest BCUT2D eigenvalue weighted by Crippen LogP contribution is 2.24. The van der Waals surface area contributed by atoms with Gasteiger partial charge in [0, 0.05) is 32.7 Å². The zero-order valence-corrected chi connectivity index (χ0v) is 26.3. The van der Waals surface area contributed by atoms with Gasteiger partial charge in [-0.1, -0.05) is 50.2 Å². The summed E-state index contributed by atoms with van der Waals surface area (Å²) in [6.07, 6.45) is 1.76. The van der Waals surface area contributed by atoms with Crippen LogP contribution < -0.4 is 20.7 Å². The number of carbonyl (C=O) groups excluding carboxylic acids is 4. The molecule has 0 aromatic heterocycles. The second-order valence-corrected chi connectivity index (χ2v) is 12.5. The largest absolute Gasteiger partial charge is 0.491 e. The normalized spacial score (nSPS) is 23.3. The third-order valence-corrected chi connectivity index (χ3v) is 8.54. The average molecular weight is 620 g/mol. The molecule has 2 saturated heterocycles. The van der Waals surface area contributed by atoms with Crippen molar-refractivity contribution in [1.82, 2.24) is 25.8 Å². The lowest BCUT2D eigenvalue weighted by molar-refractivity contribution is -0.138. The highest BCUT2D eigenvalue weighted by atomic mass is 16.5. The zero-order chi connectivity index (χ0) is 31.8. The Labute approximate surface area is 265 Å². The van der Waals surface area contributed by atoms with Crippen molar-refractivity contribution in [2.45, 2.75) is 70.7 Å². The molecular formula is C34H45N5O6. The van der Waals surface area contributed by atoms with Crippen molar-refractivity contribution in [3.8, 4) is 5.75 Å². The van der Waals surface area contributed by atoms with Crippen molar-refractivity contribution in [2.24, 2.45) is 5.92 Å². The summed E-state index contributed by atoms with van der Waals surface area (Å²) in [6, 6.07) is 12.8. The monoisotopic (exact) mass is 619 g/mol. The number of hydrogen-bond donors (Lipinski definition) is 3. The lowest BCUT2D eigenvalue weighted by Crippen LogP contribution is -2.54. The Morgan fingerprint density at radius 1 is 1.00 bits per heavy atom. The van der Waals surface area contributed by atoms with Gasteiger partial charge in [-0.3, -0.25) is 24.1 Å². The minimum absolute atomic E-state index is 0.143. The minimum Gasteiger partial charge on any atom is -0.491 e. The van der Waals surface area contributed by atoms with E-state index in [4.69, 9.17) is 9.47 Å². The van der Waals surface area contributed by atoms with Gasteiger partial charge in [-0.15, -0.1) is 0 Å². The summed E-state index contributed by atoms with van der Waals surface area (Å²) in [5.74, 6) is -1.10. The highest BCUT2D eigenvalue weighted by Gasteiger charge is 2.36. The molecule has 0 unspecified atom stereocenters. The number of para-hydroxylation sites is 1. The van der Waals surface area contributed by atoms with Gasteiger partial charge in [-0.05, 0) is 48.4 Å². The molecule has 3 N–H and O–H groups in total. The molecule has 0 spiro atoms. The first-order valence-electron chi connectivity index (χ1n) is 16.0. The molecule has 3 aliphatic rings. The van der Waals surface area contributed by atoms with Crippen LogP contribution in [0.1, 0.15) is 61.0 Å². The van der Waals surface area contributed by atoms with Crippen LogP contribution in [-0.2, 0) is 32.2 Å². The van der Waals surface area contributed by atoms with Crippen LogP contribution >= 0.6 is 0 Å². The van der Waals surface area contributed by atoms with E-state index in [1.54, 1.807) is 29.2 Å². The van der Waals surface area contributed by atoms with Crippen molar-refractivity contribution in [3.63, 3.8) is 0 Å². The summed E-state index contributed by atoms with van der Waals surface area (Å²) in [4.78, 5) is 58.3. The average Bonchev–Trinajstić information content (AvgIpc) is 3.50. The van der Waals surface area contributed by atoms with Crippen LogP contribution in [0.5, 0.6) is 5.75 Å². The van der Waals surface area contributed by atoms with E-state index in [1.807, 2.05) is 26.0 Å². The van der Waals surface area contributed by atoms with Gasteiger partial charge in [0.1, 0.15) is 24.4 Å². The number of nitrogens with zero attached hydrogens (tertiary/aromatic N) is 2. The Hall–Kier alpha value is -3.96. The van der Waals surface area contributed by atoms with E-state index < -0.39 is 29.8 Å². The van der Waals surface area contributed by atoms with Crippen molar-refractivity contribution in [3.05, 3.63) is 65.2 Å². The molecule has 5 rings (SSSR count). The van der Waals surface area contributed by atoms with Crippen molar-refractivity contribution >= 4 is 23.6 Å². The number of nitrogens with one attached hydrogen (secondary N) is 3. The van der Waals surface area contributed by atoms with E-state index in [2.05, 4.69) is 33.0 Å². The second-order valence-electron chi connectivity index (χ2n) is 12.5. The van der Waals surface area contributed by atoms with Crippen LogP contribution in [0.4, 0.5) is 0 Å². The number of morpholine rings is 1.